The minimum Gasteiger partial charge on any atom is -0.445 e. The Morgan fingerprint density at radius 2 is 1.88 bits per heavy atom. The van der Waals surface area contributed by atoms with Crippen LogP contribution in [0.5, 0.6) is 0 Å². The topological polar surface area (TPSA) is 3.24 Å². The van der Waals surface area contributed by atoms with Crippen LogP contribution in [0.25, 0.3) is 0 Å². The van der Waals surface area contributed by atoms with Crippen molar-refractivity contribution in [3.05, 3.63) is 11.5 Å². The highest BCUT2D eigenvalue weighted by atomic mass is 19.4. The maximum atomic E-state index is 12.6. The zero-order chi connectivity index (χ0) is 12.0. The molecule has 0 aromatic carbocycles. The molecule has 92 valence electrons. The quantitative estimate of drug-likeness (QED) is 0.529. The Kier molecular flexibility index (Phi) is 2.76. The molecule has 1 aliphatic carbocycles. The van der Waals surface area contributed by atoms with E-state index in [0.717, 1.165) is 0 Å². The van der Waals surface area contributed by atoms with Crippen molar-refractivity contribution in [3.63, 3.8) is 0 Å². The van der Waals surface area contributed by atoms with Crippen LogP contribution in [0.15, 0.2) is 11.5 Å². The first-order chi connectivity index (χ1) is 7.28. The molecule has 0 bridgehead atoms. The van der Waals surface area contributed by atoms with Gasteiger partial charge in [0.05, 0.1) is 13.1 Å². The molecule has 0 saturated carbocycles. The number of rotatable bonds is 2. The molecule has 1 nitrogen and oxygen atoms in total. The Bertz CT molecular complexity index is 304. The van der Waals surface area contributed by atoms with Gasteiger partial charge in [0, 0.05) is 6.04 Å². The highest BCUT2D eigenvalue weighted by Crippen LogP contribution is 2.35. The predicted octanol–water partition coefficient (Wildman–Crippen LogP) is 2.80. The van der Waals surface area contributed by atoms with Crippen LogP contribution >= 0.6 is 0 Å². The fourth-order valence-corrected chi connectivity index (χ4v) is 2.28. The smallest absolute Gasteiger partial charge is 0.445 e. The molecule has 0 spiro atoms. The van der Waals surface area contributed by atoms with Crippen molar-refractivity contribution in [1.29, 1.82) is 0 Å². The largest absolute Gasteiger partial charge is 0.505 e. The number of alkyl halides is 2. The minimum atomic E-state index is -4.88. The fourth-order valence-electron chi connectivity index (χ4n) is 2.28. The number of likely N-dealkylation sites (tertiary alicyclic amines) is 1. The first-order valence-electron chi connectivity index (χ1n) is 5.29. The third-order valence-electron chi connectivity index (χ3n) is 3.22. The van der Waals surface area contributed by atoms with Gasteiger partial charge in [0.25, 0.3) is 5.92 Å². The summed E-state index contributed by atoms with van der Waals surface area (Å²) in [5, 5.41) is 0. The summed E-state index contributed by atoms with van der Waals surface area (Å²) >= 11 is 0. The molecule has 2 rings (SSSR count). The molecule has 0 amide bonds. The van der Waals surface area contributed by atoms with E-state index in [1.54, 1.807) is 4.90 Å². The number of halogens is 5. The van der Waals surface area contributed by atoms with E-state index in [0.29, 0.717) is 6.42 Å². The zero-order valence-electron chi connectivity index (χ0n) is 8.60. The lowest BCUT2D eigenvalue weighted by molar-refractivity contribution is -0.146. The van der Waals surface area contributed by atoms with Crippen LogP contribution in [0.2, 0.25) is 0 Å². The average Bonchev–Trinajstić information content (AvgIpc) is 2.13. The van der Waals surface area contributed by atoms with Gasteiger partial charge in [0.2, 0.25) is 0 Å². The van der Waals surface area contributed by atoms with Crippen molar-refractivity contribution < 1.29 is 21.7 Å². The molecule has 0 aromatic heterocycles. The standard InChI is InChI=1S/C9H12BF5N/c11-9(12)5-16(6-9)8-3-1-7(2-4-8)10(13,14)15/h1,8H,2-6H2/q-1. The summed E-state index contributed by atoms with van der Waals surface area (Å²) in [5.41, 5.74) is -0.455. The van der Waals surface area contributed by atoms with Crippen LogP contribution in [-0.4, -0.2) is 36.9 Å². The maximum absolute atomic E-state index is 12.6. The van der Waals surface area contributed by atoms with Crippen LogP contribution in [0, 0.1) is 0 Å². The van der Waals surface area contributed by atoms with Gasteiger partial charge in [0.1, 0.15) is 0 Å². The molecule has 1 heterocycles. The molecule has 0 N–H and O–H groups in total. The predicted molar refractivity (Wildman–Crippen MR) is 51.3 cm³/mol. The summed E-state index contributed by atoms with van der Waals surface area (Å²) < 4.78 is 62.2. The Morgan fingerprint density at radius 3 is 2.25 bits per heavy atom. The summed E-state index contributed by atoms with van der Waals surface area (Å²) in [6.45, 7) is -5.50. The fraction of sp³-hybridized carbons (Fsp3) is 0.778. The lowest BCUT2D eigenvalue weighted by atomic mass is 9.72. The van der Waals surface area contributed by atoms with E-state index < -0.39 is 18.4 Å². The van der Waals surface area contributed by atoms with Crippen LogP contribution in [0.4, 0.5) is 21.7 Å². The third-order valence-corrected chi connectivity index (χ3v) is 3.22. The molecule has 1 aliphatic heterocycles. The van der Waals surface area contributed by atoms with E-state index in [1.807, 2.05) is 0 Å². The molecule has 2 aliphatic rings. The maximum Gasteiger partial charge on any atom is 0.505 e. The van der Waals surface area contributed by atoms with Gasteiger partial charge in [-0.1, -0.05) is 6.42 Å². The summed E-state index contributed by atoms with van der Waals surface area (Å²) in [6, 6.07) is -0.137. The van der Waals surface area contributed by atoms with Gasteiger partial charge >= 0.3 is 6.98 Å². The molecule has 7 heteroatoms. The van der Waals surface area contributed by atoms with Crippen molar-refractivity contribution >= 4 is 6.98 Å². The summed E-state index contributed by atoms with van der Waals surface area (Å²) in [4.78, 5) is 1.57. The van der Waals surface area contributed by atoms with Gasteiger partial charge in [-0.3, -0.25) is 4.90 Å². The number of hydrogen-bond donors (Lipinski definition) is 0. The van der Waals surface area contributed by atoms with E-state index in [-0.39, 0.29) is 32.0 Å². The van der Waals surface area contributed by atoms with Crippen molar-refractivity contribution in [2.24, 2.45) is 0 Å². The highest BCUT2D eigenvalue weighted by Gasteiger charge is 2.46. The number of nitrogens with zero attached hydrogens (tertiary/aromatic N) is 1. The molecular formula is C9H12BF5N-. The first-order valence-corrected chi connectivity index (χ1v) is 5.29. The molecule has 1 unspecified atom stereocenters. The SMILES string of the molecule is F[B-](F)(F)C1=CCC(N2CC(F)(F)C2)CC1. The van der Waals surface area contributed by atoms with Crippen LogP contribution in [0.1, 0.15) is 19.3 Å². The summed E-state index contributed by atoms with van der Waals surface area (Å²) in [6.07, 6.45) is 1.72. The van der Waals surface area contributed by atoms with E-state index in [4.69, 9.17) is 0 Å². The Morgan fingerprint density at radius 1 is 1.25 bits per heavy atom. The van der Waals surface area contributed by atoms with Gasteiger partial charge < -0.3 is 12.9 Å². The first kappa shape index (κ1) is 11.9. The van der Waals surface area contributed by atoms with Crippen LogP contribution < -0.4 is 0 Å². The van der Waals surface area contributed by atoms with Gasteiger partial charge in [-0.15, -0.1) is 11.5 Å². The Labute approximate surface area is 90.4 Å². The lowest BCUT2D eigenvalue weighted by Gasteiger charge is -2.45. The Hall–Kier alpha value is -0.585. The van der Waals surface area contributed by atoms with Gasteiger partial charge in [-0.25, -0.2) is 8.78 Å². The normalized spacial score (nSPS) is 30.8. The lowest BCUT2D eigenvalue weighted by Crippen LogP contribution is -2.60. The van der Waals surface area contributed by atoms with Gasteiger partial charge in [-0.2, -0.15) is 0 Å². The molecule has 1 fully saturated rings. The minimum absolute atomic E-state index is 0.0315. The van der Waals surface area contributed by atoms with E-state index in [1.165, 1.54) is 6.08 Å². The van der Waals surface area contributed by atoms with Crippen LogP contribution in [-0.2, 0) is 0 Å². The monoisotopic (exact) mass is 240 g/mol. The van der Waals surface area contributed by atoms with Crippen molar-refractivity contribution in [3.8, 4) is 0 Å². The molecular weight excluding hydrogens is 228 g/mol. The van der Waals surface area contributed by atoms with E-state index >= 15 is 0 Å². The molecule has 0 aromatic rings. The van der Waals surface area contributed by atoms with E-state index in [9.17, 15) is 21.7 Å². The average molecular weight is 240 g/mol. The van der Waals surface area contributed by atoms with Crippen molar-refractivity contribution in [1.82, 2.24) is 4.90 Å². The van der Waals surface area contributed by atoms with Gasteiger partial charge in [0.15, 0.2) is 0 Å². The Balaban J connectivity index is 1.89. The van der Waals surface area contributed by atoms with Crippen molar-refractivity contribution in [2.45, 2.75) is 31.2 Å². The summed E-state index contributed by atoms with van der Waals surface area (Å²) in [7, 11) is 0. The molecule has 1 saturated heterocycles. The second-order valence-corrected chi connectivity index (χ2v) is 4.54. The molecule has 1 atom stereocenters. The van der Waals surface area contributed by atoms with Crippen LogP contribution in [0.3, 0.4) is 0 Å². The number of allylic oxidation sites excluding steroid dienone is 1. The van der Waals surface area contributed by atoms with Gasteiger partial charge in [-0.05, 0) is 12.8 Å². The third kappa shape index (κ3) is 2.39. The number of hydrogen-bond acceptors (Lipinski definition) is 1. The van der Waals surface area contributed by atoms with E-state index in [2.05, 4.69) is 0 Å². The molecule has 16 heavy (non-hydrogen) atoms. The van der Waals surface area contributed by atoms with Crippen molar-refractivity contribution in [2.75, 3.05) is 13.1 Å². The molecule has 0 radical (unpaired) electrons. The summed E-state index contributed by atoms with van der Waals surface area (Å²) in [5.74, 6) is -2.64. The zero-order valence-corrected chi connectivity index (χ0v) is 8.60. The highest BCUT2D eigenvalue weighted by molar-refractivity contribution is 6.66. The second-order valence-electron chi connectivity index (χ2n) is 4.54. The second kappa shape index (κ2) is 3.72.